The maximum Gasteiger partial charge on any atom is 0.233 e. The number of allylic oxidation sites excluding steroid dienone is 2. The van der Waals surface area contributed by atoms with Crippen LogP contribution in [0.4, 0.5) is 0 Å². The van der Waals surface area contributed by atoms with Crippen molar-refractivity contribution >= 4 is 5.91 Å². The van der Waals surface area contributed by atoms with Crippen molar-refractivity contribution in [3.63, 3.8) is 0 Å². The van der Waals surface area contributed by atoms with Gasteiger partial charge in [-0.2, -0.15) is 0 Å². The normalized spacial score (nSPS) is 28.2. The van der Waals surface area contributed by atoms with Gasteiger partial charge in [0, 0.05) is 13.1 Å². The van der Waals surface area contributed by atoms with Gasteiger partial charge in [-0.15, -0.1) is 0 Å². The third-order valence-electron chi connectivity index (χ3n) is 6.31. The van der Waals surface area contributed by atoms with Crippen LogP contribution in [0.1, 0.15) is 72.6 Å². The molecule has 22 heavy (non-hydrogen) atoms. The van der Waals surface area contributed by atoms with E-state index in [0.717, 1.165) is 38.8 Å². The fourth-order valence-corrected chi connectivity index (χ4v) is 4.71. The van der Waals surface area contributed by atoms with E-state index in [1.807, 2.05) is 0 Å². The SMILES string of the molecule is CCC1=C2CCC(=C(C)C(C)(C)C1)C2C(=O)N1CCCCC1. The summed E-state index contributed by atoms with van der Waals surface area (Å²) in [6.07, 6.45) is 8.12. The number of nitrogens with zero attached hydrogens (tertiary/aromatic N) is 1. The first kappa shape index (κ1) is 15.8. The van der Waals surface area contributed by atoms with Gasteiger partial charge in [-0.3, -0.25) is 4.79 Å². The van der Waals surface area contributed by atoms with Gasteiger partial charge in [-0.25, -0.2) is 0 Å². The van der Waals surface area contributed by atoms with Crippen molar-refractivity contribution in [2.75, 3.05) is 13.1 Å². The second kappa shape index (κ2) is 5.86. The lowest BCUT2D eigenvalue weighted by atomic mass is 9.76. The average molecular weight is 301 g/mol. The van der Waals surface area contributed by atoms with Crippen LogP contribution >= 0.6 is 0 Å². The van der Waals surface area contributed by atoms with Crippen molar-refractivity contribution in [1.29, 1.82) is 0 Å². The summed E-state index contributed by atoms with van der Waals surface area (Å²) in [5.41, 5.74) is 6.20. The minimum Gasteiger partial charge on any atom is -0.342 e. The Balaban J connectivity index is 2.01. The molecule has 1 atom stereocenters. The Labute approximate surface area is 135 Å². The lowest BCUT2D eigenvalue weighted by Gasteiger charge is -2.31. The van der Waals surface area contributed by atoms with Crippen LogP contribution in [0.2, 0.25) is 0 Å². The second-order valence-corrected chi connectivity index (χ2v) is 8.01. The topological polar surface area (TPSA) is 20.3 Å². The molecule has 0 N–H and O–H groups in total. The summed E-state index contributed by atoms with van der Waals surface area (Å²) >= 11 is 0. The highest BCUT2D eigenvalue weighted by Crippen LogP contribution is 2.51. The van der Waals surface area contributed by atoms with Crippen molar-refractivity contribution in [3.8, 4) is 0 Å². The van der Waals surface area contributed by atoms with E-state index in [1.165, 1.54) is 36.0 Å². The van der Waals surface area contributed by atoms with E-state index in [-0.39, 0.29) is 11.3 Å². The predicted molar refractivity (Wildman–Crippen MR) is 91.6 cm³/mol. The molecular formula is C20H31NO. The van der Waals surface area contributed by atoms with E-state index in [1.54, 1.807) is 5.57 Å². The number of hydrogen-bond acceptors (Lipinski definition) is 1. The monoisotopic (exact) mass is 301 g/mol. The summed E-state index contributed by atoms with van der Waals surface area (Å²) < 4.78 is 0. The van der Waals surface area contributed by atoms with Gasteiger partial charge in [0.25, 0.3) is 0 Å². The molecule has 1 unspecified atom stereocenters. The maximum absolute atomic E-state index is 13.2. The van der Waals surface area contributed by atoms with Crippen LogP contribution in [-0.2, 0) is 4.79 Å². The number of carbonyl (C=O) groups is 1. The molecule has 0 radical (unpaired) electrons. The van der Waals surface area contributed by atoms with Crippen LogP contribution < -0.4 is 0 Å². The zero-order chi connectivity index (χ0) is 15.9. The van der Waals surface area contributed by atoms with Gasteiger partial charge >= 0.3 is 0 Å². The largest absolute Gasteiger partial charge is 0.342 e. The molecule has 1 saturated heterocycles. The molecule has 3 rings (SSSR count). The molecule has 1 amide bonds. The minimum atomic E-state index is 0.0924. The zero-order valence-electron chi connectivity index (χ0n) is 14.8. The zero-order valence-corrected chi connectivity index (χ0v) is 14.8. The van der Waals surface area contributed by atoms with Gasteiger partial charge in [-0.1, -0.05) is 43.1 Å². The fraction of sp³-hybridized carbons (Fsp3) is 0.750. The van der Waals surface area contributed by atoms with E-state index in [9.17, 15) is 4.79 Å². The number of piperidine rings is 1. The van der Waals surface area contributed by atoms with Crippen LogP contribution in [0.3, 0.4) is 0 Å². The Morgan fingerprint density at radius 2 is 1.77 bits per heavy atom. The summed E-state index contributed by atoms with van der Waals surface area (Å²) in [5.74, 6) is 0.500. The molecule has 122 valence electrons. The molecule has 0 aromatic heterocycles. The van der Waals surface area contributed by atoms with Crippen molar-refractivity contribution < 1.29 is 4.79 Å². The van der Waals surface area contributed by atoms with Crippen molar-refractivity contribution in [2.45, 2.75) is 72.6 Å². The van der Waals surface area contributed by atoms with Crippen molar-refractivity contribution in [1.82, 2.24) is 4.90 Å². The van der Waals surface area contributed by atoms with Gasteiger partial charge in [-0.05, 0) is 57.3 Å². The molecule has 1 heterocycles. The minimum absolute atomic E-state index is 0.0924. The lowest BCUT2D eigenvalue weighted by Crippen LogP contribution is -2.40. The summed E-state index contributed by atoms with van der Waals surface area (Å²) in [4.78, 5) is 15.4. The molecule has 2 bridgehead atoms. The Kier molecular flexibility index (Phi) is 4.22. The first-order valence-corrected chi connectivity index (χ1v) is 9.15. The van der Waals surface area contributed by atoms with Crippen LogP contribution in [0, 0.1) is 11.3 Å². The third-order valence-corrected chi connectivity index (χ3v) is 6.31. The molecule has 2 nitrogen and oxygen atoms in total. The van der Waals surface area contributed by atoms with Crippen molar-refractivity contribution in [3.05, 3.63) is 22.3 Å². The Morgan fingerprint density at radius 3 is 2.41 bits per heavy atom. The smallest absolute Gasteiger partial charge is 0.233 e. The summed E-state index contributed by atoms with van der Waals surface area (Å²) in [6.45, 7) is 11.2. The molecule has 2 heteroatoms. The average Bonchev–Trinajstić information content (AvgIpc) is 2.93. The fourth-order valence-electron chi connectivity index (χ4n) is 4.71. The van der Waals surface area contributed by atoms with Crippen LogP contribution in [0.5, 0.6) is 0 Å². The maximum atomic E-state index is 13.2. The van der Waals surface area contributed by atoms with Crippen LogP contribution in [0.15, 0.2) is 22.3 Å². The number of fused-ring (bicyclic) bond motifs is 2. The highest BCUT2D eigenvalue weighted by molar-refractivity contribution is 5.86. The van der Waals surface area contributed by atoms with E-state index in [2.05, 4.69) is 32.6 Å². The number of carbonyl (C=O) groups excluding carboxylic acids is 1. The van der Waals surface area contributed by atoms with Crippen molar-refractivity contribution in [2.24, 2.45) is 11.3 Å². The summed E-state index contributed by atoms with van der Waals surface area (Å²) in [7, 11) is 0. The molecule has 0 aromatic carbocycles. The molecule has 2 fully saturated rings. The van der Waals surface area contributed by atoms with E-state index in [0.29, 0.717) is 5.91 Å². The predicted octanol–water partition coefficient (Wildman–Crippen LogP) is 4.86. The highest BCUT2D eigenvalue weighted by atomic mass is 16.2. The van der Waals surface area contributed by atoms with Gasteiger partial charge in [0.15, 0.2) is 0 Å². The molecule has 0 spiro atoms. The van der Waals surface area contributed by atoms with E-state index in [4.69, 9.17) is 0 Å². The Bertz CT molecular complexity index is 532. The van der Waals surface area contributed by atoms with E-state index >= 15 is 0 Å². The van der Waals surface area contributed by atoms with Gasteiger partial charge < -0.3 is 4.90 Å². The van der Waals surface area contributed by atoms with Gasteiger partial charge in [0.1, 0.15) is 0 Å². The van der Waals surface area contributed by atoms with Gasteiger partial charge in [0.2, 0.25) is 5.91 Å². The van der Waals surface area contributed by atoms with Crippen LogP contribution in [0.25, 0.3) is 0 Å². The molecule has 2 aliphatic carbocycles. The number of likely N-dealkylation sites (tertiary alicyclic amines) is 1. The second-order valence-electron chi connectivity index (χ2n) is 8.01. The summed E-state index contributed by atoms with van der Waals surface area (Å²) in [5, 5.41) is 0. The molecular weight excluding hydrogens is 270 g/mol. The first-order chi connectivity index (χ1) is 10.5. The third kappa shape index (κ3) is 2.55. The number of hydrogen-bond donors (Lipinski definition) is 0. The quantitative estimate of drug-likeness (QED) is 0.667. The lowest BCUT2D eigenvalue weighted by molar-refractivity contribution is -0.134. The first-order valence-electron chi connectivity index (χ1n) is 9.15. The highest BCUT2D eigenvalue weighted by Gasteiger charge is 2.42. The molecule has 1 saturated carbocycles. The van der Waals surface area contributed by atoms with Crippen LogP contribution in [-0.4, -0.2) is 23.9 Å². The standard InChI is InChI=1S/C20H31NO/c1-5-15-13-20(3,4)14(2)16-9-10-17(15)18(16)19(22)21-11-7-6-8-12-21/h18H,5-13H2,1-4H3. The van der Waals surface area contributed by atoms with E-state index < -0.39 is 0 Å². The molecule has 1 aliphatic heterocycles. The summed E-state index contributed by atoms with van der Waals surface area (Å²) in [6, 6.07) is 0. The molecule has 0 aromatic rings. The molecule has 3 aliphatic rings. The van der Waals surface area contributed by atoms with Gasteiger partial charge in [0.05, 0.1) is 5.92 Å². The Hall–Kier alpha value is -1.05. The Morgan fingerprint density at radius 1 is 1.14 bits per heavy atom. The number of amides is 1. The number of rotatable bonds is 2.